The molecule has 1 aliphatic rings. The molecule has 1 atom stereocenters. The Kier molecular flexibility index (Phi) is 4.85. The molecule has 3 rings (SSSR count). The molecular formula is C18H25N3O4. The highest BCUT2D eigenvalue weighted by Gasteiger charge is 2.43. The smallest absolute Gasteiger partial charge is 0.408 e. The zero-order valence-corrected chi connectivity index (χ0v) is 15.0. The second-order valence-corrected chi connectivity index (χ2v) is 6.70. The number of anilines is 1. The number of carbonyl (C=O) groups excluding carboxylic acids is 1. The zero-order chi connectivity index (χ0) is 18.0. The monoisotopic (exact) mass is 347 g/mol. The van der Waals surface area contributed by atoms with E-state index in [-0.39, 0.29) is 11.6 Å². The average Bonchev–Trinajstić information content (AvgIpc) is 3.10. The topological polar surface area (TPSA) is 76.7 Å². The van der Waals surface area contributed by atoms with Gasteiger partial charge in [-0.1, -0.05) is 13.3 Å². The molecule has 2 aromatic rings. The maximum absolute atomic E-state index is 12.8. The molecule has 136 valence electrons. The maximum Gasteiger partial charge on any atom is 0.419 e. The quantitative estimate of drug-likeness (QED) is 0.902. The number of fused-ring (bicyclic) bond motifs is 1. The molecule has 0 bridgehead atoms. The lowest BCUT2D eigenvalue weighted by molar-refractivity contribution is 0.0540. The lowest BCUT2D eigenvalue weighted by atomic mass is 9.91. The van der Waals surface area contributed by atoms with E-state index in [2.05, 4.69) is 12.2 Å². The van der Waals surface area contributed by atoms with Gasteiger partial charge in [-0.15, -0.1) is 0 Å². The molecule has 1 fully saturated rings. The van der Waals surface area contributed by atoms with E-state index < -0.39 is 5.76 Å². The highest BCUT2D eigenvalue weighted by Crippen LogP contribution is 2.34. The Bertz CT molecular complexity index is 817. The van der Waals surface area contributed by atoms with Gasteiger partial charge in [-0.05, 0) is 31.4 Å². The average molecular weight is 347 g/mol. The fourth-order valence-electron chi connectivity index (χ4n) is 3.87. The van der Waals surface area contributed by atoms with Crippen LogP contribution in [0, 0.1) is 0 Å². The molecule has 1 N–H and O–H groups in total. The minimum Gasteiger partial charge on any atom is -0.408 e. The second-order valence-electron chi connectivity index (χ2n) is 6.70. The number of oxazole rings is 1. The van der Waals surface area contributed by atoms with Gasteiger partial charge in [0.15, 0.2) is 5.58 Å². The van der Waals surface area contributed by atoms with Crippen LogP contribution < -0.4 is 11.1 Å². The maximum atomic E-state index is 12.8. The normalized spacial score (nSPS) is 20.4. The van der Waals surface area contributed by atoms with Crippen molar-refractivity contribution in [3.8, 4) is 0 Å². The number of rotatable bonds is 5. The highest BCUT2D eigenvalue weighted by molar-refractivity contribution is 5.92. The summed E-state index contributed by atoms with van der Waals surface area (Å²) >= 11 is 0. The fourth-order valence-corrected chi connectivity index (χ4v) is 3.87. The first kappa shape index (κ1) is 17.5. The summed E-state index contributed by atoms with van der Waals surface area (Å²) in [4.78, 5) is 26.3. The van der Waals surface area contributed by atoms with Gasteiger partial charge in [0.25, 0.3) is 0 Å². The van der Waals surface area contributed by atoms with Gasteiger partial charge in [0, 0.05) is 32.5 Å². The summed E-state index contributed by atoms with van der Waals surface area (Å²) < 4.78 is 12.0. The van der Waals surface area contributed by atoms with Crippen molar-refractivity contribution in [1.29, 1.82) is 0 Å². The fraction of sp³-hybridized carbons (Fsp3) is 0.556. The van der Waals surface area contributed by atoms with Crippen molar-refractivity contribution < 1.29 is 13.9 Å². The van der Waals surface area contributed by atoms with Crippen molar-refractivity contribution in [3.63, 3.8) is 0 Å². The Morgan fingerprint density at radius 1 is 1.44 bits per heavy atom. The Labute approximate surface area is 146 Å². The van der Waals surface area contributed by atoms with Gasteiger partial charge >= 0.3 is 11.8 Å². The van der Waals surface area contributed by atoms with Gasteiger partial charge in [-0.25, -0.2) is 9.59 Å². The molecular weight excluding hydrogens is 322 g/mol. The van der Waals surface area contributed by atoms with Gasteiger partial charge in [0.1, 0.15) is 0 Å². The Balaban J connectivity index is 1.82. The number of amides is 2. The molecule has 2 amide bonds. The van der Waals surface area contributed by atoms with E-state index in [0.29, 0.717) is 23.4 Å². The second kappa shape index (κ2) is 6.92. The zero-order valence-electron chi connectivity index (χ0n) is 15.0. The number of aromatic nitrogens is 1. The van der Waals surface area contributed by atoms with E-state index >= 15 is 0 Å². The summed E-state index contributed by atoms with van der Waals surface area (Å²) in [6, 6.07) is 5.10. The first-order valence-corrected chi connectivity index (χ1v) is 8.68. The molecule has 7 nitrogen and oxygen atoms in total. The summed E-state index contributed by atoms with van der Waals surface area (Å²) in [6.07, 6.45) is 3.84. The lowest BCUT2D eigenvalue weighted by Gasteiger charge is -2.38. The predicted molar refractivity (Wildman–Crippen MR) is 95.9 cm³/mol. The van der Waals surface area contributed by atoms with Crippen LogP contribution in [-0.2, 0) is 11.8 Å². The SMILES string of the molecule is CCC[C@]1(COC)CCCN1C(=O)Nc1ccc2c(c1)oc(=O)n2C. The van der Waals surface area contributed by atoms with E-state index in [1.807, 2.05) is 4.90 Å². The minimum atomic E-state index is -0.417. The van der Waals surface area contributed by atoms with Crippen LogP contribution in [0.5, 0.6) is 0 Å². The Morgan fingerprint density at radius 3 is 2.96 bits per heavy atom. The van der Waals surface area contributed by atoms with Crippen LogP contribution in [-0.4, -0.2) is 41.3 Å². The highest BCUT2D eigenvalue weighted by atomic mass is 16.5. The molecule has 1 aromatic heterocycles. The van der Waals surface area contributed by atoms with Crippen molar-refractivity contribution in [3.05, 3.63) is 28.7 Å². The number of nitrogens with zero attached hydrogens (tertiary/aromatic N) is 2. The predicted octanol–water partition coefficient (Wildman–Crippen LogP) is 2.94. The van der Waals surface area contributed by atoms with E-state index in [1.54, 1.807) is 32.4 Å². The third kappa shape index (κ3) is 3.16. The number of ether oxygens (including phenoxy) is 1. The van der Waals surface area contributed by atoms with Gasteiger partial charge in [-0.2, -0.15) is 0 Å². The summed E-state index contributed by atoms with van der Waals surface area (Å²) in [5, 5.41) is 2.94. The number of nitrogens with one attached hydrogen (secondary N) is 1. The largest absolute Gasteiger partial charge is 0.419 e. The molecule has 0 radical (unpaired) electrons. The van der Waals surface area contributed by atoms with Crippen LogP contribution in [0.25, 0.3) is 11.1 Å². The van der Waals surface area contributed by atoms with E-state index in [9.17, 15) is 9.59 Å². The Morgan fingerprint density at radius 2 is 2.24 bits per heavy atom. The van der Waals surface area contributed by atoms with Crippen molar-refractivity contribution >= 4 is 22.8 Å². The standard InChI is InChI=1S/C18H25N3O4/c1-4-8-18(12-24-3)9-5-10-21(18)16(22)19-13-6-7-14-15(11-13)25-17(23)20(14)2/h6-7,11H,4-5,8-10,12H2,1-3H3,(H,19,22)/t18-/m1/s1. The number of hydrogen-bond acceptors (Lipinski definition) is 4. The first-order valence-electron chi connectivity index (χ1n) is 8.68. The summed E-state index contributed by atoms with van der Waals surface area (Å²) in [6.45, 7) is 3.38. The third-order valence-electron chi connectivity index (χ3n) is 5.01. The number of carbonyl (C=O) groups is 1. The van der Waals surface area contributed by atoms with Gasteiger partial charge in [0.2, 0.25) is 0 Å². The molecule has 0 aliphatic carbocycles. The third-order valence-corrected chi connectivity index (χ3v) is 5.01. The van der Waals surface area contributed by atoms with E-state index in [1.165, 1.54) is 4.57 Å². The van der Waals surface area contributed by atoms with Gasteiger partial charge < -0.3 is 19.4 Å². The molecule has 0 unspecified atom stereocenters. The minimum absolute atomic E-state index is 0.138. The van der Waals surface area contributed by atoms with Crippen LogP contribution in [0.2, 0.25) is 0 Å². The van der Waals surface area contributed by atoms with Crippen LogP contribution >= 0.6 is 0 Å². The number of likely N-dealkylation sites (tertiary alicyclic amines) is 1. The summed E-state index contributed by atoms with van der Waals surface area (Å²) in [7, 11) is 3.33. The van der Waals surface area contributed by atoms with Crippen molar-refractivity contribution in [1.82, 2.24) is 9.47 Å². The number of urea groups is 1. The van der Waals surface area contributed by atoms with Crippen molar-refractivity contribution in [2.45, 2.75) is 38.1 Å². The number of benzene rings is 1. The molecule has 0 spiro atoms. The van der Waals surface area contributed by atoms with Crippen LogP contribution in [0.15, 0.2) is 27.4 Å². The van der Waals surface area contributed by atoms with Crippen LogP contribution in [0.4, 0.5) is 10.5 Å². The van der Waals surface area contributed by atoms with E-state index in [0.717, 1.165) is 32.2 Å². The Hall–Kier alpha value is -2.28. The van der Waals surface area contributed by atoms with Gasteiger partial charge in [-0.3, -0.25) is 4.57 Å². The number of methoxy groups -OCH3 is 1. The van der Waals surface area contributed by atoms with E-state index in [4.69, 9.17) is 9.15 Å². The van der Waals surface area contributed by atoms with Crippen molar-refractivity contribution in [2.75, 3.05) is 25.6 Å². The molecule has 25 heavy (non-hydrogen) atoms. The molecule has 7 heteroatoms. The molecule has 1 saturated heterocycles. The van der Waals surface area contributed by atoms with Crippen molar-refractivity contribution in [2.24, 2.45) is 7.05 Å². The number of hydrogen-bond donors (Lipinski definition) is 1. The number of aryl methyl sites for hydroxylation is 1. The molecule has 2 heterocycles. The molecule has 0 saturated carbocycles. The van der Waals surface area contributed by atoms with Gasteiger partial charge in [0.05, 0.1) is 17.7 Å². The van der Waals surface area contributed by atoms with Crippen LogP contribution in [0.1, 0.15) is 32.6 Å². The molecule has 1 aliphatic heterocycles. The molecule has 1 aromatic carbocycles. The van der Waals surface area contributed by atoms with Crippen LogP contribution in [0.3, 0.4) is 0 Å². The first-order chi connectivity index (χ1) is 12.0. The lowest BCUT2D eigenvalue weighted by Crippen LogP contribution is -2.51. The summed E-state index contributed by atoms with van der Waals surface area (Å²) in [5.74, 6) is -0.417. The summed E-state index contributed by atoms with van der Waals surface area (Å²) in [5.41, 5.74) is 1.53.